The lowest BCUT2D eigenvalue weighted by Crippen LogP contribution is -2.13. The van der Waals surface area contributed by atoms with Crippen molar-refractivity contribution in [3.8, 4) is 0 Å². The molecule has 0 aliphatic rings. The first-order valence-electron chi connectivity index (χ1n) is 3.67. The van der Waals surface area contributed by atoms with Crippen LogP contribution in [0, 0.1) is 0 Å². The van der Waals surface area contributed by atoms with E-state index in [0.717, 1.165) is 5.69 Å². The molecule has 1 rings (SSSR count). The molecule has 0 unspecified atom stereocenters. The van der Waals surface area contributed by atoms with Crippen molar-refractivity contribution in [2.24, 2.45) is 0 Å². The number of para-hydroxylation sites is 1. The average Bonchev–Trinajstić information content (AvgIpc) is 2.06. The van der Waals surface area contributed by atoms with E-state index < -0.39 is 0 Å². The zero-order valence-electron chi connectivity index (χ0n) is 6.91. The van der Waals surface area contributed by atoms with Gasteiger partial charge in [0.05, 0.1) is 5.75 Å². The second kappa shape index (κ2) is 4.83. The van der Waals surface area contributed by atoms with Crippen LogP contribution in [0.15, 0.2) is 30.3 Å². The minimum Gasteiger partial charge on any atom is -0.325 e. The van der Waals surface area contributed by atoms with Crippen LogP contribution in [0.4, 0.5) is 5.69 Å². The van der Waals surface area contributed by atoms with E-state index in [1.54, 1.807) is 0 Å². The van der Waals surface area contributed by atoms with E-state index in [0.29, 0.717) is 5.75 Å². The molecule has 0 bridgehead atoms. The van der Waals surface area contributed by atoms with Crippen molar-refractivity contribution in [2.75, 3.05) is 17.3 Å². The van der Waals surface area contributed by atoms with Gasteiger partial charge in [-0.05, 0) is 18.4 Å². The molecular weight excluding hydrogens is 170 g/mol. The monoisotopic (exact) mass is 181 g/mol. The van der Waals surface area contributed by atoms with Gasteiger partial charge < -0.3 is 5.32 Å². The van der Waals surface area contributed by atoms with Crippen LogP contribution in [0.2, 0.25) is 0 Å². The van der Waals surface area contributed by atoms with Gasteiger partial charge in [0.1, 0.15) is 0 Å². The maximum Gasteiger partial charge on any atom is 0.234 e. The van der Waals surface area contributed by atoms with Gasteiger partial charge in [-0.3, -0.25) is 4.79 Å². The topological polar surface area (TPSA) is 29.1 Å². The van der Waals surface area contributed by atoms with Gasteiger partial charge in [-0.25, -0.2) is 0 Å². The number of rotatable bonds is 3. The molecule has 0 aliphatic heterocycles. The Balaban J connectivity index is 2.47. The number of anilines is 1. The van der Waals surface area contributed by atoms with E-state index in [2.05, 4.69) is 5.32 Å². The van der Waals surface area contributed by atoms with Crippen molar-refractivity contribution in [2.45, 2.75) is 0 Å². The number of amides is 1. The molecule has 0 aliphatic carbocycles. The van der Waals surface area contributed by atoms with Gasteiger partial charge >= 0.3 is 0 Å². The summed E-state index contributed by atoms with van der Waals surface area (Å²) in [5, 5.41) is 2.78. The van der Waals surface area contributed by atoms with Gasteiger partial charge in [-0.1, -0.05) is 18.2 Å². The number of hydrogen-bond acceptors (Lipinski definition) is 2. The van der Waals surface area contributed by atoms with Crippen LogP contribution in [0.1, 0.15) is 0 Å². The molecule has 0 atom stereocenters. The van der Waals surface area contributed by atoms with Crippen LogP contribution in [-0.2, 0) is 4.79 Å². The molecule has 1 N–H and O–H groups in total. The molecule has 0 radical (unpaired) electrons. The van der Waals surface area contributed by atoms with Crippen molar-refractivity contribution < 1.29 is 4.79 Å². The number of thioether (sulfide) groups is 1. The Morgan fingerprint density at radius 1 is 1.42 bits per heavy atom. The first-order chi connectivity index (χ1) is 5.83. The van der Waals surface area contributed by atoms with Crippen LogP contribution >= 0.6 is 11.8 Å². The van der Waals surface area contributed by atoms with Crippen LogP contribution in [0.5, 0.6) is 0 Å². The molecule has 0 aromatic heterocycles. The maximum atomic E-state index is 11.1. The van der Waals surface area contributed by atoms with Crippen molar-refractivity contribution in [3.63, 3.8) is 0 Å². The predicted octanol–water partition coefficient (Wildman–Crippen LogP) is 1.99. The minimum atomic E-state index is 0.0497. The molecule has 1 aromatic carbocycles. The van der Waals surface area contributed by atoms with E-state index >= 15 is 0 Å². The summed E-state index contributed by atoms with van der Waals surface area (Å²) in [6.45, 7) is 0. The Morgan fingerprint density at radius 3 is 2.67 bits per heavy atom. The third kappa shape index (κ3) is 2.96. The van der Waals surface area contributed by atoms with Crippen LogP contribution in [0.3, 0.4) is 0 Å². The quantitative estimate of drug-likeness (QED) is 0.772. The molecule has 64 valence electrons. The Bertz CT molecular complexity index is 248. The molecular formula is C9H11NOS. The highest BCUT2D eigenvalue weighted by Gasteiger charge is 1.98. The number of hydrogen-bond donors (Lipinski definition) is 1. The fourth-order valence-corrected chi connectivity index (χ4v) is 1.18. The first-order valence-corrected chi connectivity index (χ1v) is 5.06. The van der Waals surface area contributed by atoms with Crippen LogP contribution in [0.25, 0.3) is 0 Å². The molecule has 0 saturated heterocycles. The summed E-state index contributed by atoms with van der Waals surface area (Å²) in [5.41, 5.74) is 0.858. The minimum absolute atomic E-state index is 0.0497. The molecule has 0 spiro atoms. The highest BCUT2D eigenvalue weighted by atomic mass is 32.2. The highest BCUT2D eigenvalue weighted by Crippen LogP contribution is 2.05. The van der Waals surface area contributed by atoms with Crippen LogP contribution < -0.4 is 5.32 Å². The lowest BCUT2D eigenvalue weighted by Gasteiger charge is -2.02. The fourth-order valence-electron chi connectivity index (χ4n) is 0.850. The lowest BCUT2D eigenvalue weighted by atomic mass is 10.3. The predicted molar refractivity (Wildman–Crippen MR) is 53.5 cm³/mol. The fraction of sp³-hybridized carbons (Fsp3) is 0.222. The van der Waals surface area contributed by atoms with Gasteiger partial charge in [0, 0.05) is 5.69 Å². The maximum absolute atomic E-state index is 11.1. The van der Waals surface area contributed by atoms with Gasteiger partial charge in [0.25, 0.3) is 0 Å². The van der Waals surface area contributed by atoms with E-state index in [-0.39, 0.29) is 5.91 Å². The third-order valence-electron chi connectivity index (χ3n) is 1.33. The normalized spacial score (nSPS) is 9.42. The smallest absolute Gasteiger partial charge is 0.234 e. The molecule has 0 heterocycles. The Hall–Kier alpha value is -0.960. The number of benzene rings is 1. The average molecular weight is 181 g/mol. The van der Waals surface area contributed by atoms with Gasteiger partial charge in [0.2, 0.25) is 5.91 Å². The van der Waals surface area contributed by atoms with E-state index in [9.17, 15) is 4.79 Å². The van der Waals surface area contributed by atoms with Crippen molar-refractivity contribution >= 4 is 23.4 Å². The number of nitrogens with one attached hydrogen (secondary N) is 1. The molecule has 2 nitrogen and oxygen atoms in total. The standard InChI is InChI=1S/C9H11NOS/c1-12-7-9(11)10-8-5-3-2-4-6-8/h2-6H,7H2,1H3,(H,10,11). The van der Waals surface area contributed by atoms with Gasteiger partial charge in [-0.15, -0.1) is 0 Å². The van der Waals surface area contributed by atoms with E-state index in [4.69, 9.17) is 0 Å². The summed E-state index contributed by atoms with van der Waals surface area (Å²) < 4.78 is 0. The summed E-state index contributed by atoms with van der Waals surface area (Å²) in [6, 6.07) is 9.46. The molecule has 0 fully saturated rings. The molecule has 12 heavy (non-hydrogen) atoms. The Labute approximate surface area is 76.4 Å². The second-order valence-electron chi connectivity index (χ2n) is 2.35. The van der Waals surface area contributed by atoms with Crippen LogP contribution in [-0.4, -0.2) is 17.9 Å². The van der Waals surface area contributed by atoms with Gasteiger partial charge in [-0.2, -0.15) is 11.8 Å². The first kappa shape index (κ1) is 9.13. The largest absolute Gasteiger partial charge is 0.325 e. The SMILES string of the molecule is CSCC(=O)Nc1ccccc1. The molecule has 1 amide bonds. The summed E-state index contributed by atoms with van der Waals surface area (Å²) in [4.78, 5) is 11.1. The zero-order chi connectivity index (χ0) is 8.81. The summed E-state index contributed by atoms with van der Waals surface area (Å²) in [7, 11) is 0. The Kier molecular flexibility index (Phi) is 3.67. The second-order valence-corrected chi connectivity index (χ2v) is 3.21. The van der Waals surface area contributed by atoms with E-state index in [1.165, 1.54) is 11.8 Å². The summed E-state index contributed by atoms with van der Waals surface area (Å²) in [5.74, 6) is 0.559. The lowest BCUT2D eigenvalue weighted by molar-refractivity contribution is -0.113. The van der Waals surface area contributed by atoms with Gasteiger partial charge in [0.15, 0.2) is 0 Å². The number of carbonyl (C=O) groups is 1. The molecule has 3 heteroatoms. The molecule has 0 saturated carbocycles. The highest BCUT2D eigenvalue weighted by molar-refractivity contribution is 7.99. The van der Waals surface area contributed by atoms with Crippen molar-refractivity contribution in [1.82, 2.24) is 0 Å². The third-order valence-corrected chi connectivity index (χ3v) is 1.88. The molecule has 1 aromatic rings. The van der Waals surface area contributed by atoms with Crippen molar-refractivity contribution in [1.29, 1.82) is 0 Å². The summed E-state index contributed by atoms with van der Waals surface area (Å²) >= 11 is 1.52. The Morgan fingerprint density at radius 2 is 2.08 bits per heavy atom. The summed E-state index contributed by atoms with van der Waals surface area (Å²) in [6.07, 6.45) is 1.91. The van der Waals surface area contributed by atoms with Crippen molar-refractivity contribution in [3.05, 3.63) is 30.3 Å². The number of carbonyl (C=O) groups excluding carboxylic acids is 1. The van der Waals surface area contributed by atoms with E-state index in [1.807, 2.05) is 36.6 Å². The zero-order valence-corrected chi connectivity index (χ0v) is 7.73.